The van der Waals surface area contributed by atoms with Crippen LogP contribution in [0.2, 0.25) is 5.02 Å². The van der Waals surface area contributed by atoms with Crippen molar-refractivity contribution in [3.63, 3.8) is 0 Å². The van der Waals surface area contributed by atoms with Gasteiger partial charge in [-0.15, -0.1) is 0 Å². The number of amides is 1. The fourth-order valence-corrected chi connectivity index (χ4v) is 2.04. The van der Waals surface area contributed by atoms with Gasteiger partial charge >= 0.3 is 5.97 Å². The second kappa shape index (κ2) is 8.17. The number of rotatable bonds is 5. The maximum Gasteiger partial charge on any atom is 0.354 e. The van der Waals surface area contributed by atoms with E-state index >= 15 is 0 Å². The van der Waals surface area contributed by atoms with E-state index in [1.165, 1.54) is 13.2 Å². The normalized spacial score (nSPS) is 10.9. The Labute approximate surface area is 144 Å². The molecule has 0 aliphatic carbocycles. The molecule has 124 valence electrons. The van der Waals surface area contributed by atoms with Gasteiger partial charge in [0.2, 0.25) is 0 Å². The Hall–Kier alpha value is -2.79. The molecule has 0 fully saturated rings. The van der Waals surface area contributed by atoms with Crippen LogP contribution in [-0.4, -0.2) is 26.1 Å². The van der Waals surface area contributed by atoms with Crippen LogP contribution in [0.4, 0.5) is 0 Å². The van der Waals surface area contributed by atoms with Gasteiger partial charge in [-0.05, 0) is 48.0 Å². The van der Waals surface area contributed by atoms with E-state index in [1.807, 2.05) is 0 Å². The molecule has 24 heavy (non-hydrogen) atoms. The zero-order chi connectivity index (χ0) is 17.5. The first-order chi connectivity index (χ1) is 11.5. The highest BCUT2D eigenvalue weighted by Gasteiger charge is 2.15. The molecule has 2 aromatic rings. The molecule has 0 heterocycles. The molecule has 6 heteroatoms. The third-order valence-electron chi connectivity index (χ3n) is 3.19. The van der Waals surface area contributed by atoms with Crippen molar-refractivity contribution in [2.75, 3.05) is 14.2 Å². The summed E-state index contributed by atoms with van der Waals surface area (Å²) < 4.78 is 9.76. The lowest BCUT2D eigenvalue weighted by molar-refractivity contribution is -0.136. The van der Waals surface area contributed by atoms with Gasteiger partial charge in [-0.25, -0.2) is 4.79 Å². The predicted octanol–water partition coefficient (Wildman–Crippen LogP) is 3.29. The van der Waals surface area contributed by atoms with Gasteiger partial charge in [0.1, 0.15) is 11.4 Å². The lowest BCUT2D eigenvalue weighted by atomic mass is 10.1. The van der Waals surface area contributed by atoms with Crippen LogP contribution in [0.5, 0.6) is 5.75 Å². The molecule has 0 spiro atoms. The highest BCUT2D eigenvalue weighted by Crippen LogP contribution is 2.14. The summed E-state index contributed by atoms with van der Waals surface area (Å²) in [6.07, 6.45) is 1.52. The fraction of sp³-hybridized carbons (Fsp3) is 0.111. The quantitative estimate of drug-likeness (QED) is 0.667. The van der Waals surface area contributed by atoms with E-state index in [-0.39, 0.29) is 5.70 Å². The van der Waals surface area contributed by atoms with Crippen molar-refractivity contribution >= 4 is 29.6 Å². The minimum absolute atomic E-state index is 0.0284. The van der Waals surface area contributed by atoms with Gasteiger partial charge in [-0.3, -0.25) is 4.79 Å². The molecule has 0 aliphatic heterocycles. The van der Waals surface area contributed by atoms with Crippen LogP contribution in [0.15, 0.2) is 54.2 Å². The minimum atomic E-state index is -0.646. The number of carbonyl (C=O) groups is 2. The number of benzene rings is 2. The number of carbonyl (C=O) groups excluding carboxylic acids is 2. The lowest BCUT2D eigenvalue weighted by Crippen LogP contribution is -2.28. The average Bonchev–Trinajstić information content (AvgIpc) is 2.62. The van der Waals surface area contributed by atoms with Gasteiger partial charge in [-0.1, -0.05) is 23.7 Å². The minimum Gasteiger partial charge on any atom is -0.497 e. The van der Waals surface area contributed by atoms with Crippen molar-refractivity contribution in [3.8, 4) is 5.75 Å². The molecule has 2 aromatic carbocycles. The summed E-state index contributed by atoms with van der Waals surface area (Å²) in [4.78, 5) is 24.2. The predicted molar refractivity (Wildman–Crippen MR) is 91.9 cm³/mol. The van der Waals surface area contributed by atoms with Crippen molar-refractivity contribution in [2.45, 2.75) is 0 Å². The Morgan fingerprint density at radius 2 is 1.62 bits per heavy atom. The maximum atomic E-state index is 12.3. The monoisotopic (exact) mass is 345 g/mol. The van der Waals surface area contributed by atoms with Crippen molar-refractivity contribution in [3.05, 3.63) is 70.4 Å². The van der Waals surface area contributed by atoms with E-state index in [0.29, 0.717) is 21.9 Å². The summed E-state index contributed by atoms with van der Waals surface area (Å²) in [5.74, 6) is -0.438. The van der Waals surface area contributed by atoms with E-state index in [9.17, 15) is 9.59 Å². The molecule has 1 N–H and O–H groups in total. The Kier molecular flexibility index (Phi) is 5.98. The Morgan fingerprint density at radius 3 is 2.17 bits per heavy atom. The van der Waals surface area contributed by atoms with Crippen molar-refractivity contribution in [1.82, 2.24) is 5.32 Å². The van der Waals surface area contributed by atoms with Crippen molar-refractivity contribution in [1.29, 1.82) is 0 Å². The third-order valence-corrected chi connectivity index (χ3v) is 3.44. The first kappa shape index (κ1) is 17.6. The number of halogens is 1. The molecule has 0 unspecified atom stereocenters. The molecule has 0 saturated heterocycles. The average molecular weight is 346 g/mol. The number of hydrogen-bond donors (Lipinski definition) is 1. The molecule has 1 amide bonds. The van der Waals surface area contributed by atoms with E-state index in [0.717, 1.165) is 0 Å². The fourth-order valence-electron chi connectivity index (χ4n) is 1.92. The molecule has 0 atom stereocenters. The number of esters is 1. The molecule has 0 radical (unpaired) electrons. The van der Waals surface area contributed by atoms with Crippen LogP contribution in [-0.2, 0) is 9.53 Å². The largest absolute Gasteiger partial charge is 0.497 e. The van der Waals surface area contributed by atoms with Gasteiger partial charge in [0.25, 0.3) is 5.91 Å². The van der Waals surface area contributed by atoms with Crippen molar-refractivity contribution < 1.29 is 19.1 Å². The van der Waals surface area contributed by atoms with Gasteiger partial charge in [0, 0.05) is 10.6 Å². The standard InChI is InChI=1S/C18H16ClNO4/c1-23-15-9-5-13(6-10-15)17(21)20-16(18(22)24-2)11-12-3-7-14(19)8-4-12/h3-11H,1-2H3,(H,20,21)/b16-11+. The van der Waals surface area contributed by atoms with Crippen LogP contribution in [0.1, 0.15) is 15.9 Å². The van der Waals surface area contributed by atoms with Gasteiger partial charge in [0.05, 0.1) is 14.2 Å². The van der Waals surface area contributed by atoms with Crippen LogP contribution in [0, 0.1) is 0 Å². The summed E-state index contributed by atoms with van der Waals surface area (Å²) in [5.41, 5.74) is 1.12. The topological polar surface area (TPSA) is 64.6 Å². The third kappa shape index (κ3) is 4.60. The summed E-state index contributed by atoms with van der Waals surface area (Å²) in [6.45, 7) is 0. The highest BCUT2D eigenvalue weighted by molar-refractivity contribution is 6.30. The lowest BCUT2D eigenvalue weighted by Gasteiger charge is -2.09. The molecule has 0 saturated carbocycles. The van der Waals surface area contributed by atoms with Crippen LogP contribution in [0.3, 0.4) is 0 Å². The van der Waals surface area contributed by atoms with Crippen LogP contribution >= 0.6 is 11.6 Å². The van der Waals surface area contributed by atoms with Gasteiger partial charge in [0.15, 0.2) is 0 Å². The number of methoxy groups -OCH3 is 2. The van der Waals surface area contributed by atoms with Gasteiger partial charge < -0.3 is 14.8 Å². The maximum absolute atomic E-state index is 12.3. The number of nitrogens with one attached hydrogen (secondary N) is 1. The first-order valence-electron chi connectivity index (χ1n) is 7.04. The number of hydrogen-bond acceptors (Lipinski definition) is 4. The summed E-state index contributed by atoms with van der Waals surface area (Å²) in [7, 11) is 2.79. The van der Waals surface area contributed by atoms with E-state index in [2.05, 4.69) is 5.32 Å². The molecule has 5 nitrogen and oxygen atoms in total. The molecule has 0 aliphatic rings. The molecule has 0 bridgehead atoms. The van der Waals surface area contributed by atoms with Crippen molar-refractivity contribution in [2.24, 2.45) is 0 Å². The zero-order valence-electron chi connectivity index (χ0n) is 13.2. The number of ether oxygens (including phenoxy) is 2. The van der Waals surface area contributed by atoms with E-state index in [4.69, 9.17) is 21.1 Å². The summed E-state index contributed by atoms with van der Waals surface area (Å²) in [6, 6.07) is 13.4. The second-order valence-electron chi connectivity index (χ2n) is 4.78. The first-order valence-corrected chi connectivity index (χ1v) is 7.42. The molecular weight excluding hydrogens is 330 g/mol. The van der Waals surface area contributed by atoms with Crippen LogP contribution in [0.25, 0.3) is 6.08 Å². The summed E-state index contributed by atoms with van der Waals surface area (Å²) in [5, 5.41) is 3.14. The Balaban J connectivity index is 2.23. The molecule has 0 aromatic heterocycles. The Morgan fingerprint density at radius 1 is 1.00 bits per heavy atom. The van der Waals surface area contributed by atoms with E-state index in [1.54, 1.807) is 55.6 Å². The highest BCUT2D eigenvalue weighted by atomic mass is 35.5. The molecular formula is C18H16ClNO4. The molecule has 2 rings (SSSR count). The van der Waals surface area contributed by atoms with Crippen LogP contribution < -0.4 is 10.1 Å². The Bertz CT molecular complexity index is 752. The zero-order valence-corrected chi connectivity index (χ0v) is 14.0. The second-order valence-corrected chi connectivity index (χ2v) is 5.22. The SMILES string of the molecule is COC(=O)/C(=C\c1ccc(Cl)cc1)NC(=O)c1ccc(OC)cc1. The smallest absolute Gasteiger partial charge is 0.354 e. The van der Waals surface area contributed by atoms with E-state index < -0.39 is 11.9 Å². The van der Waals surface area contributed by atoms with Gasteiger partial charge in [-0.2, -0.15) is 0 Å². The summed E-state index contributed by atoms with van der Waals surface area (Å²) >= 11 is 5.83.